The molecule has 2 aromatic heterocycles. The predicted octanol–water partition coefficient (Wildman–Crippen LogP) is 11.7. The van der Waals surface area contributed by atoms with Gasteiger partial charge < -0.3 is 4.57 Å². The average molecular weight is 655 g/mol. The molecule has 0 aliphatic heterocycles. The minimum atomic E-state index is -0.0205. The lowest BCUT2D eigenvalue weighted by atomic mass is 9.90. The molecule has 2 atom stereocenters. The third kappa shape index (κ3) is 5.11. The second kappa shape index (κ2) is 12.2. The summed E-state index contributed by atoms with van der Waals surface area (Å²) >= 11 is 0. The normalized spacial score (nSPS) is 17.3. The van der Waals surface area contributed by atoms with Gasteiger partial charge in [0.15, 0.2) is 11.6 Å². The van der Waals surface area contributed by atoms with Crippen molar-refractivity contribution in [3.05, 3.63) is 187 Å². The van der Waals surface area contributed by atoms with Gasteiger partial charge in [-0.3, -0.25) is 0 Å². The lowest BCUT2D eigenvalue weighted by Gasteiger charge is -2.21. The van der Waals surface area contributed by atoms with Gasteiger partial charge in [-0.2, -0.15) is 0 Å². The van der Waals surface area contributed by atoms with Crippen LogP contribution in [0.15, 0.2) is 170 Å². The van der Waals surface area contributed by atoms with Gasteiger partial charge in [0.1, 0.15) is 5.82 Å². The number of benzene rings is 6. The van der Waals surface area contributed by atoms with E-state index in [0.29, 0.717) is 11.7 Å². The Kier molecular flexibility index (Phi) is 7.05. The van der Waals surface area contributed by atoms with Crippen LogP contribution >= 0.6 is 0 Å². The molecular weight excluding hydrogens is 621 g/mol. The zero-order chi connectivity index (χ0) is 33.7. The maximum absolute atomic E-state index is 5.20. The van der Waals surface area contributed by atoms with Crippen molar-refractivity contribution in [3.8, 4) is 11.4 Å². The zero-order valence-electron chi connectivity index (χ0n) is 28.0. The van der Waals surface area contributed by atoms with E-state index in [1.807, 2.05) is 18.2 Å². The van der Waals surface area contributed by atoms with E-state index in [1.165, 1.54) is 54.6 Å². The molecule has 51 heavy (non-hydrogen) atoms. The number of rotatable bonds is 5. The molecule has 242 valence electrons. The number of hydrogen-bond donors (Lipinski definition) is 0. The molecule has 2 aliphatic rings. The highest BCUT2D eigenvalue weighted by atomic mass is 15.0. The van der Waals surface area contributed by atoms with Crippen LogP contribution in [-0.4, -0.2) is 19.5 Å². The van der Waals surface area contributed by atoms with E-state index >= 15 is 0 Å². The smallest absolute Gasteiger partial charge is 0.163 e. The molecule has 6 aromatic carbocycles. The van der Waals surface area contributed by atoms with E-state index in [4.69, 9.17) is 15.0 Å². The maximum atomic E-state index is 5.20. The number of allylic oxidation sites excluding steroid dienone is 8. The number of aromatic nitrogens is 4. The Morgan fingerprint density at radius 2 is 1.18 bits per heavy atom. The van der Waals surface area contributed by atoms with Crippen LogP contribution in [0.2, 0.25) is 0 Å². The molecule has 0 N–H and O–H groups in total. The summed E-state index contributed by atoms with van der Waals surface area (Å²) in [4.78, 5) is 15.4. The SMILES string of the molecule is C1=CC(c2nc(C3=CCC(c4ccccc4)C=C3)nc(-c3ccccc3)n2)CC(n2c3ccc4ccccc4c3c3c4ccccc4ccc32)=C1. The quantitative estimate of drug-likeness (QED) is 0.185. The van der Waals surface area contributed by atoms with Gasteiger partial charge in [0.2, 0.25) is 0 Å². The van der Waals surface area contributed by atoms with E-state index in [9.17, 15) is 0 Å². The molecule has 0 saturated heterocycles. The Labute approximate surface area is 296 Å². The summed E-state index contributed by atoms with van der Waals surface area (Å²) in [6, 6.07) is 47.5. The van der Waals surface area contributed by atoms with E-state index in [1.54, 1.807) is 0 Å². The molecule has 4 nitrogen and oxygen atoms in total. The van der Waals surface area contributed by atoms with Gasteiger partial charge in [0, 0.05) is 45.9 Å². The van der Waals surface area contributed by atoms with Gasteiger partial charge in [-0.1, -0.05) is 152 Å². The summed E-state index contributed by atoms with van der Waals surface area (Å²) in [7, 11) is 0. The topological polar surface area (TPSA) is 43.6 Å². The molecule has 0 amide bonds. The van der Waals surface area contributed by atoms with Crippen molar-refractivity contribution in [2.45, 2.75) is 24.7 Å². The molecule has 2 aliphatic carbocycles. The van der Waals surface area contributed by atoms with Gasteiger partial charge >= 0.3 is 0 Å². The van der Waals surface area contributed by atoms with Crippen LogP contribution in [0.4, 0.5) is 0 Å². The Morgan fingerprint density at radius 1 is 0.549 bits per heavy atom. The van der Waals surface area contributed by atoms with E-state index in [0.717, 1.165) is 35.6 Å². The molecular formula is C47H34N4. The second-order valence-corrected chi connectivity index (χ2v) is 13.5. The fraction of sp³-hybridized carbons (Fsp3) is 0.0851. The number of fused-ring (bicyclic) bond motifs is 7. The summed E-state index contributed by atoms with van der Waals surface area (Å²) in [6.07, 6.45) is 15.1. The first-order valence-corrected chi connectivity index (χ1v) is 17.7. The van der Waals surface area contributed by atoms with Crippen molar-refractivity contribution in [2.24, 2.45) is 0 Å². The Hall–Kier alpha value is -6.39. The van der Waals surface area contributed by atoms with Crippen molar-refractivity contribution in [3.63, 3.8) is 0 Å². The van der Waals surface area contributed by atoms with Crippen molar-refractivity contribution in [2.75, 3.05) is 0 Å². The van der Waals surface area contributed by atoms with Crippen molar-refractivity contribution >= 4 is 54.6 Å². The fourth-order valence-corrected chi connectivity index (χ4v) is 8.00. The summed E-state index contributed by atoms with van der Waals surface area (Å²) in [5.41, 5.74) is 7.00. The van der Waals surface area contributed by atoms with Crippen LogP contribution in [0.3, 0.4) is 0 Å². The van der Waals surface area contributed by atoms with Crippen LogP contribution in [0.25, 0.3) is 66.0 Å². The minimum Gasteiger partial charge on any atom is -0.313 e. The van der Waals surface area contributed by atoms with Gasteiger partial charge in [-0.15, -0.1) is 0 Å². The summed E-state index contributed by atoms with van der Waals surface area (Å²) in [6.45, 7) is 0. The molecule has 10 rings (SSSR count). The first-order chi connectivity index (χ1) is 25.3. The van der Waals surface area contributed by atoms with Crippen molar-refractivity contribution in [1.29, 1.82) is 0 Å². The minimum absolute atomic E-state index is 0.0205. The molecule has 0 radical (unpaired) electrons. The largest absolute Gasteiger partial charge is 0.313 e. The van der Waals surface area contributed by atoms with Gasteiger partial charge in [-0.05, 0) is 51.7 Å². The Morgan fingerprint density at radius 3 is 1.84 bits per heavy atom. The van der Waals surface area contributed by atoms with Crippen molar-refractivity contribution < 1.29 is 0 Å². The van der Waals surface area contributed by atoms with Crippen LogP contribution < -0.4 is 0 Å². The van der Waals surface area contributed by atoms with Gasteiger partial charge in [0.05, 0.1) is 11.0 Å². The summed E-state index contributed by atoms with van der Waals surface area (Å²) in [5, 5.41) is 7.64. The molecule has 0 saturated carbocycles. The fourth-order valence-electron chi connectivity index (χ4n) is 8.00. The number of hydrogen-bond acceptors (Lipinski definition) is 3. The maximum Gasteiger partial charge on any atom is 0.163 e. The monoisotopic (exact) mass is 654 g/mol. The molecule has 4 heteroatoms. The lowest BCUT2D eigenvalue weighted by Crippen LogP contribution is -2.12. The van der Waals surface area contributed by atoms with Crippen LogP contribution in [0.5, 0.6) is 0 Å². The van der Waals surface area contributed by atoms with E-state index in [-0.39, 0.29) is 5.92 Å². The molecule has 2 heterocycles. The molecule has 0 spiro atoms. The van der Waals surface area contributed by atoms with E-state index in [2.05, 4.69) is 156 Å². The average Bonchev–Trinajstić information content (AvgIpc) is 3.57. The third-order valence-corrected chi connectivity index (χ3v) is 10.5. The zero-order valence-corrected chi connectivity index (χ0v) is 28.0. The highest BCUT2D eigenvalue weighted by Crippen LogP contribution is 2.43. The molecule has 0 fully saturated rings. The van der Waals surface area contributed by atoms with Crippen LogP contribution in [0, 0.1) is 0 Å². The van der Waals surface area contributed by atoms with Crippen LogP contribution in [-0.2, 0) is 0 Å². The Bertz CT molecular complexity index is 2660. The lowest BCUT2D eigenvalue weighted by molar-refractivity contribution is 0.750. The standard InChI is InChI=1S/C47H34N4/c1-3-12-31(13-4-1)32-22-24-36(25-23-32)46-48-45(35-16-5-2-6-17-35)49-47(50-46)37-18-11-19-38(30-37)51-41-28-26-33-14-7-9-20-39(33)43(41)44-40-21-10-8-15-34(40)27-29-42(44)51/h1-22,24-29,32,37H,23,30H2. The second-order valence-electron chi connectivity index (χ2n) is 13.5. The Balaban J connectivity index is 1.08. The molecule has 0 bridgehead atoms. The summed E-state index contributed by atoms with van der Waals surface area (Å²) in [5.74, 6) is 2.54. The van der Waals surface area contributed by atoms with Gasteiger partial charge in [-0.25, -0.2) is 15.0 Å². The predicted molar refractivity (Wildman–Crippen MR) is 211 cm³/mol. The van der Waals surface area contributed by atoms with Gasteiger partial charge in [0.25, 0.3) is 0 Å². The first kappa shape index (κ1) is 29.5. The summed E-state index contributed by atoms with van der Waals surface area (Å²) < 4.78 is 2.47. The van der Waals surface area contributed by atoms with Crippen molar-refractivity contribution in [1.82, 2.24) is 19.5 Å². The third-order valence-electron chi connectivity index (χ3n) is 10.5. The first-order valence-electron chi connectivity index (χ1n) is 17.7. The highest BCUT2D eigenvalue weighted by molar-refractivity contribution is 6.28. The van der Waals surface area contributed by atoms with E-state index < -0.39 is 0 Å². The molecule has 8 aromatic rings. The highest BCUT2D eigenvalue weighted by Gasteiger charge is 2.25. The number of nitrogens with zero attached hydrogens (tertiary/aromatic N) is 4. The molecule has 2 unspecified atom stereocenters. The van der Waals surface area contributed by atoms with Crippen LogP contribution in [0.1, 0.15) is 41.9 Å².